The third-order valence-corrected chi connectivity index (χ3v) is 10.3. The molecule has 0 unspecified atom stereocenters. The smallest absolute Gasteiger partial charge is 0.376 e. The summed E-state index contributed by atoms with van der Waals surface area (Å²) < 4.78 is 8.16. The molecule has 0 spiro atoms. The molecule has 17 heteroatoms. The molecule has 2 atom stereocenters. The average Bonchev–Trinajstić information content (AvgIpc) is 4.03. The van der Waals surface area contributed by atoms with Gasteiger partial charge in [0.25, 0.3) is 11.8 Å². The molecule has 16 nitrogen and oxygen atoms in total. The minimum atomic E-state index is -1.68. The number of rotatable bonds is 5. The Hall–Kier alpha value is -7.24. The number of carbonyl (C=O) groups excluding carboxylic acids is 3. The summed E-state index contributed by atoms with van der Waals surface area (Å²) in [5, 5.41) is 29.4. The molecule has 2 aromatic carbocycles. The summed E-state index contributed by atoms with van der Waals surface area (Å²) in [7, 11) is 8.16. The van der Waals surface area contributed by atoms with Crippen molar-refractivity contribution in [3.05, 3.63) is 107 Å². The minimum absolute atomic E-state index is 0.0772. The van der Waals surface area contributed by atoms with Gasteiger partial charge in [-0.25, -0.2) is 24.7 Å². The summed E-state index contributed by atoms with van der Waals surface area (Å²) in [6.45, 7) is 0.943. The molecule has 2 amide bonds. The van der Waals surface area contributed by atoms with Gasteiger partial charge in [-0.15, -0.1) is 0 Å². The maximum atomic E-state index is 12.2. The summed E-state index contributed by atoms with van der Waals surface area (Å²) in [4.78, 5) is 56.6. The standard InChI is InChI=1S/C23H21N5O4.C21H18ClN5O2/c1-27-12-10-23(31,22(27)30)9-7-15-5-4-6-16(13-15)17-14-18(19-8-11-24-28(19)2)26-20(25-17)21(29)32-3;1-26-11-9-21(29,19(26)28)8-6-14-4-3-5-15(12-14)16-13-17(25-20(22)24-16)18-7-10-23-27(18)2/h4-6,8,11,13-14,31H,10,12H2,1-3H3;3-5,7,10,12-13,29H,9,11H2,1-2H3/t23-;21-/m00/s1. The van der Waals surface area contributed by atoms with Gasteiger partial charge in [0, 0.05) is 88.8 Å². The zero-order valence-electron chi connectivity index (χ0n) is 33.8. The van der Waals surface area contributed by atoms with Crippen LogP contribution in [0, 0.1) is 23.7 Å². The molecule has 0 saturated carbocycles. The van der Waals surface area contributed by atoms with E-state index in [1.807, 2.05) is 49.5 Å². The highest BCUT2D eigenvalue weighted by Crippen LogP contribution is 2.28. The van der Waals surface area contributed by atoms with Crippen molar-refractivity contribution >= 4 is 29.4 Å². The Morgan fingerprint density at radius 2 is 1.11 bits per heavy atom. The maximum absolute atomic E-state index is 12.2. The van der Waals surface area contributed by atoms with Crippen molar-refractivity contribution in [1.82, 2.24) is 49.3 Å². The highest BCUT2D eigenvalue weighted by molar-refractivity contribution is 6.28. The molecule has 6 aromatic rings. The maximum Gasteiger partial charge on any atom is 0.376 e. The van der Waals surface area contributed by atoms with Crippen LogP contribution in [0.4, 0.5) is 0 Å². The first kappa shape index (κ1) is 41.9. The van der Waals surface area contributed by atoms with Gasteiger partial charge in [-0.1, -0.05) is 47.9 Å². The number of likely N-dealkylation sites (tertiary alicyclic amines) is 2. The van der Waals surface area contributed by atoms with Crippen LogP contribution in [0.1, 0.15) is 34.6 Å². The zero-order chi connectivity index (χ0) is 43.5. The summed E-state index contributed by atoms with van der Waals surface area (Å²) >= 11 is 6.15. The molecule has 308 valence electrons. The van der Waals surface area contributed by atoms with Gasteiger partial charge in [-0.2, -0.15) is 10.2 Å². The third kappa shape index (κ3) is 9.02. The molecule has 4 aromatic heterocycles. The highest BCUT2D eigenvalue weighted by Gasteiger charge is 2.43. The summed E-state index contributed by atoms with van der Waals surface area (Å²) in [5.41, 5.74) is 3.27. The lowest BCUT2D eigenvalue weighted by Crippen LogP contribution is -2.37. The Morgan fingerprint density at radius 1 is 0.672 bits per heavy atom. The van der Waals surface area contributed by atoms with E-state index in [0.717, 1.165) is 11.3 Å². The van der Waals surface area contributed by atoms with Crippen LogP contribution in [0.3, 0.4) is 0 Å². The van der Waals surface area contributed by atoms with Crippen LogP contribution < -0.4 is 0 Å². The lowest BCUT2D eigenvalue weighted by atomic mass is 10.0. The van der Waals surface area contributed by atoms with Crippen LogP contribution in [0.25, 0.3) is 45.3 Å². The summed E-state index contributed by atoms with van der Waals surface area (Å²) in [6, 6.07) is 21.7. The normalized spacial score (nSPS) is 18.2. The quantitative estimate of drug-likeness (QED) is 0.146. The molecule has 8 rings (SSSR count). The molecule has 2 saturated heterocycles. The number of nitrogens with zero attached hydrogens (tertiary/aromatic N) is 10. The Morgan fingerprint density at radius 3 is 1.54 bits per heavy atom. The van der Waals surface area contributed by atoms with Crippen LogP contribution in [-0.2, 0) is 28.4 Å². The van der Waals surface area contributed by atoms with E-state index in [2.05, 4.69) is 53.8 Å². The number of methoxy groups -OCH3 is 1. The van der Waals surface area contributed by atoms with E-state index in [1.165, 1.54) is 16.9 Å². The fourth-order valence-electron chi connectivity index (χ4n) is 6.66. The number of esters is 1. The Bertz CT molecular complexity index is 2820. The van der Waals surface area contributed by atoms with Gasteiger partial charge in [0.15, 0.2) is 0 Å². The van der Waals surface area contributed by atoms with Crippen molar-refractivity contribution in [2.75, 3.05) is 34.3 Å². The predicted octanol–water partition coefficient (Wildman–Crippen LogP) is 3.42. The van der Waals surface area contributed by atoms with E-state index in [9.17, 15) is 24.6 Å². The van der Waals surface area contributed by atoms with E-state index in [1.54, 1.807) is 73.2 Å². The van der Waals surface area contributed by atoms with E-state index >= 15 is 0 Å². The van der Waals surface area contributed by atoms with E-state index in [0.29, 0.717) is 64.7 Å². The van der Waals surface area contributed by atoms with Gasteiger partial charge >= 0.3 is 5.97 Å². The highest BCUT2D eigenvalue weighted by atomic mass is 35.5. The monoisotopic (exact) mass is 838 g/mol. The summed E-state index contributed by atoms with van der Waals surface area (Å²) in [6.07, 6.45) is 3.88. The van der Waals surface area contributed by atoms with Crippen molar-refractivity contribution in [1.29, 1.82) is 0 Å². The SMILES string of the molecule is CN1CC[C@@](O)(C#Cc2cccc(-c3cc(-c4ccnn4C)nc(Cl)n3)c2)C1=O.COC(=O)c1nc(-c2cccc(C#C[C@]3(O)CCN(C)C3=O)c2)cc(-c2ccnn2C)n1. The number of hydrogen-bond acceptors (Lipinski definition) is 12. The van der Waals surface area contributed by atoms with E-state index in [-0.39, 0.29) is 23.4 Å². The van der Waals surface area contributed by atoms with Crippen LogP contribution >= 0.6 is 11.6 Å². The van der Waals surface area contributed by atoms with Gasteiger partial charge in [-0.3, -0.25) is 19.0 Å². The molecule has 2 aliphatic heterocycles. The second-order valence-electron chi connectivity index (χ2n) is 14.4. The van der Waals surface area contributed by atoms with Crippen molar-refractivity contribution in [3.63, 3.8) is 0 Å². The number of benzene rings is 2. The van der Waals surface area contributed by atoms with Gasteiger partial charge in [0.05, 0.1) is 41.3 Å². The second-order valence-corrected chi connectivity index (χ2v) is 14.7. The topological polar surface area (TPSA) is 195 Å². The van der Waals surface area contributed by atoms with Crippen LogP contribution in [0.15, 0.2) is 85.2 Å². The number of ether oxygens (including phenoxy) is 1. The van der Waals surface area contributed by atoms with Crippen molar-refractivity contribution in [3.8, 4) is 69.0 Å². The number of likely N-dealkylation sites (N-methyl/N-ethyl adjacent to an activating group) is 2. The molecule has 61 heavy (non-hydrogen) atoms. The summed E-state index contributed by atoms with van der Waals surface area (Å²) in [5.74, 6) is 9.74. The van der Waals surface area contributed by atoms with Crippen molar-refractivity contribution in [2.24, 2.45) is 14.1 Å². The molecule has 0 aliphatic carbocycles. The minimum Gasteiger partial charge on any atom is -0.463 e. The number of hydrogen-bond donors (Lipinski definition) is 2. The van der Waals surface area contributed by atoms with Crippen LogP contribution in [-0.4, -0.2) is 123 Å². The number of amides is 2. The predicted molar refractivity (Wildman–Crippen MR) is 224 cm³/mol. The molecule has 2 aliphatic rings. The third-order valence-electron chi connectivity index (χ3n) is 10.1. The lowest BCUT2D eigenvalue weighted by molar-refractivity contribution is -0.138. The Kier molecular flexibility index (Phi) is 11.8. The molecule has 0 bridgehead atoms. The first-order chi connectivity index (χ1) is 29.2. The molecular formula is C44H39ClN10O6. The fraction of sp³-hybridized carbons (Fsp3) is 0.250. The molecular weight excluding hydrogens is 800 g/mol. The van der Waals surface area contributed by atoms with Crippen molar-refractivity contribution < 1.29 is 29.3 Å². The first-order valence-corrected chi connectivity index (χ1v) is 19.3. The number of aromatic nitrogens is 8. The van der Waals surface area contributed by atoms with Gasteiger partial charge in [0.1, 0.15) is 0 Å². The largest absolute Gasteiger partial charge is 0.463 e. The number of carbonyl (C=O) groups is 3. The molecule has 2 N–H and O–H groups in total. The molecule has 2 fully saturated rings. The van der Waals surface area contributed by atoms with Gasteiger partial charge in [0.2, 0.25) is 22.3 Å². The van der Waals surface area contributed by atoms with Crippen LogP contribution in [0.2, 0.25) is 5.28 Å². The van der Waals surface area contributed by atoms with E-state index < -0.39 is 23.1 Å². The van der Waals surface area contributed by atoms with Crippen molar-refractivity contribution in [2.45, 2.75) is 24.0 Å². The Balaban J connectivity index is 0.000000185. The van der Waals surface area contributed by atoms with Crippen LogP contribution in [0.5, 0.6) is 0 Å². The average molecular weight is 839 g/mol. The fourth-order valence-corrected chi connectivity index (χ4v) is 6.84. The molecule has 6 heterocycles. The number of aryl methyl sites for hydroxylation is 2. The number of halogens is 1. The zero-order valence-corrected chi connectivity index (χ0v) is 34.5. The number of aliphatic hydroxyl groups is 2. The Labute approximate surface area is 355 Å². The van der Waals surface area contributed by atoms with Gasteiger partial charge in [-0.05, 0) is 60.1 Å². The lowest BCUT2D eigenvalue weighted by Gasteiger charge is -2.13. The molecule has 0 radical (unpaired) electrons. The van der Waals surface area contributed by atoms with E-state index in [4.69, 9.17) is 16.3 Å². The first-order valence-electron chi connectivity index (χ1n) is 18.9. The van der Waals surface area contributed by atoms with Gasteiger partial charge < -0.3 is 24.7 Å². The second kappa shape index (κ2) is 17.2.